The van der Waals surface area contributed by atoms with E-state index in [4.69, 9.17) is 0 Å². The summed E-state index contributed by atoms with van der Waals surface area (Å²) < 4.78 is 0. The molecule has 3 rings (SSSR count). The first kappa shape index (κ1) is 11.6. The van der Waals surface area contributed by atoms with Gasteiger partial charge in [0, 0.05) is 24.4 Å². The van der Waals surface area contributed by atoms with Crippen LogP contribution in [-0.2, 0) is 0 Å². The summed E-state index contributed by atoms with van der Waals surface area (Å²) in [5, 5.41) is 0. The number of imidazole rings is 1. The van der Waals surface area contributed by atoms with E-state index in [-0.39, 0.29) is 17.7 Å². The van der Waals surface area contributed by atoms with Crippen LogP contribution in [0.4, 0.5) is 0 Å². The molecule has 1 unspecified atom stereocenters. The highest BCUT2D eigenvalue weighted by Crippen LogP contribution is 2.25. The molecule has 0 saturated carbocycles. The Morgan fingerprint density at radius 3 is 2.37 bits per heavy atom. The van der Waals surface area contributed by atoms with Gasteiger partial charge in [0.25, 0.3) is 11.8 Å². The largest absolute Gasteiger partial charge is 0.348 e. The van der Waals surface area contributed by atoms with Gasteiger partial charge in [0.05, 0.1) is 17.5 Å². The topological polar surface area (TPSA) is 66.1 Å². The molecule has 2 amide bonds. The highest BCUT2D eigenvalue weighted by atomic mass is 16.2. The van der Waals surface area contributed by atoms with Crippen molar-refractivity contribution in [3.63, 3.8) is 0 Å². The number of aromatic nitrogens is 2. The highest BCUT2D eigenvalue weighted by molar-refractivity contribution is 6.21. The van der Waals surface area contributed by atoms with Gasteiger partial charge in [0.2, 0.25) is 0 Å². The number of carbonyl (C=O) groups is 2. The molecule has 0 radical (unpaired) electrons. The maximum atomic E-state index is 12.2. The molecule has 96 valence electrons. The number of imide groups is 1. The number of hydrogen-bond acceptors (Lipinski definition) is 3. The molecule has 1 aliphatic heterocycles. The lowest BCUT2D eigenvalue weighted by molar-refractivity contribution is 0.0646. The van der Waals surface area contributed by atoms with Crippen LogP contribution in [0.1, 0.15) is 39.3 Å². The molecule has 1 aliphatic rings. The fourth-order valence-electron chi connectivity index (χ4n) is 2.31. The minimum atomic E-state index is -0.216. The van der Waals surface area contributed by atoms with Crippen molar-refractivity contribution < 1.29 is 9.59 Å². The molecular formula is C14H13N3O2. The third kappa shape index (κ3) is 1.83. The SMILES string of the molecule is CC(CN1C(=O)c2ccccc2C1=O)c1cnc[nH]1. The molecule has 2 aromatic rings. The minimum Gasteiger partial charge on any atom is -0.348 e. The zero-order valence-corrected chi connectivity index (χ0v) is 10.5. The van der Waals surface area contributed by atoms with E-state index in [0.717, 1.165) is 5.69 Å². The van der Waals surface area contributed by atoms with Crippen molar-refractivity contribution in [1.82, 2.24) is 14.9 Å². The van der Waals surface area contributed by atoms with Crippen LogP contribution >= 0.6 is 0 Å². The van der Waals surface area contributed by atoms with Crippen molar-refractivity contribution in [1.29, 1.82) is 0 Å². The molecule has 0 spiro atoms. The Morgan fingerprint density at radius 1 is 1.21 bits per heavy atom. The van der Waals surface area contributed by atoms with Crippen molar-refractivity contribution in [2.75, 3.05) is 6.54 Å². The molecule has 19 heavy (non-hydrogen) atoms. The van der Waals surface area contributed by atoms with Crippen LogP contribution in [0.2, 0.25) is 0 Å². The molecule has 1 N–H and O–H groups in total. The number of H-pyrrole nitrogens is 1. The molecule has 0 bridgehead atoms. The minimum absolute atomic E-state index is 0.0321. The number of fused-ring (bicyclic) bond motifs is 1. The summed E-state index contributed by atoms with van der Waals surface area (Å²) in [5.41, 5.74) is 1.89. The maximum absolute atomic E-state index is 12.2. The van der Waals surface area contributed by atoms with Crippen molar-refractivity contribution in [2.24, 2.45) is 0 Å². The van der Waals surface area contributed by atoms with E-state index in [0.29, 0.717) is 17.7 Å². The molecule has 1 aromatic carbocycles. The van der Waals surface area contributed by atoms with Crippen molar-refractivity contribution in [3.05, 3.63) is 53.6 Å². The fraction of sp³-hybridized carbons (Fsp3) is 0.214. The lowest BCUT2D eigenvalue weighted by Crippen LogP contribution is -2.33. The predicted molar refractivity (Wildman–Crippen MR) is 68.8 cm³/mol. The second kappa shape index (κ2) is 4.35. The molecule has 2 heterocycles. The fourth-order valence-corrected chi connectivity index (χ4v) is 2.31. The maximum Gasteiger partial charge on any atom is 0.261 e. The zero-order valence-electron chi connectivity index (χ0n) is 10.5. The summed E-state index contributed by atoms with van der Waals surface area (Å²) in [5.74, 6) is -0.399. The Balaban J connectivity index is 1.85. The third-order valence-electron chi connectivity index (χ3n) is 3.38. The second-order valence-electron chi connectivity index (χ2n) is 4.67. The van der Waals surface area contributed by atoms with Crippen molar-refractivity contribution >= 4 is 11.8 Å². The van der Waals surface area contributed by atoms with Crippen LogP contribution in [0.15, 0.2) is 36.8 Å². The quantitative estimate of drug-likeness (QED) is 0.850. The van der Waals surface area contributed by atoms with E-state index < -0.39 is 0 Å². The lowest BCUT2D eigenvalue weighted by Gasteiger charge is -2.18. The summed E-state index contributed by atoms with van der Waals surface area (Å²) in [4.78, 5) is 32.6. The molecule has 1 atom stereocenters. The Bertz CT molecular complexity index is 599. The number of nitrogens with zero attached hydrogens (tertiary/aromatic N) is 2. The zero-order chi connectivity index (χ0) is 13.4. The van der Waals surface area contributed by atoms with E-state index in [2.05, 4.69) is 9.97 Å². The average Bonchev–Trinajstić information content (AvgIpc) is 3.03. The van der Waals surface area contributed by atoms with Crippen molar-refractivity contribution in [2.45, 2.75) is 12.8 Å². The van der Waals surface area contributed by atoms with Crippen molar-refractivity contribution in [3.8, 4) is 0 Å². The Labute approximate surface area is 110 Å². The summed E-state index contributed by atoms with van der Waals surface area (Å²) in [6.07, 6.45) is 3.30. The van der Waals surface area contributed by atoms with Gasteiger partial charge in [-0.15, -0.1) is 0 Å². The van der Waals surface area contributed by atoms with Crippen LogP contribution in [0, 0.1) is 0 Å². The molecule has 0 aliphatic carbocycles. The first-order valence-electron chi connectivity index (χ1n) is 6.12. The van der Waals surface area contributed by atoms with E-state index >= 15 is 0 Å². The number of hydrogen-bond donors (Lipinski definition) is 1. The molecule has 5 heteroatoms. The van der Waals surface area contributed by atoms with Gasteiger partial charge >= 0.3 is 0 Å². The van der Waals surface area contributed by atoms with Crippen LogP contribution in [0.25, 0.3) is 0 Å². The van der Waals surface area contributed by atoms with Gasteiger partial charge in [-0.25, -0.2) is 4.98 Å². The number of carbonyl (C=O) groups excluding carboxylic acids is 2. The Hall–Kier alpha value is -2.43. The Morgan fingerprint density at radius 2 is 1.84 bits per heavy atom. The summed E-state index contributed by atoms with van der Waals surface area (Å²) >= 11 is 0. The number of amides is 2. The van der Waals surface area contributed by atoms with Crippen LogP contribution in [0.3, 0.4) is 0 Å². The van der Waals surface area contributed by atoms with Gasteiger partial charge in [-0.3, -0.25) is 14.5 Å². The average molecular weight is 255 g/mol. The monoisotopic (exact) mass is 255 g/mol. The van der Waals surface area contributed by atoms with Gasteiger partial charge in [0.15, 0.2) is 0 Å². The van der Waals surface area contributed by atoms with E-state index in [1.807, 2.05) is 6.92 Å². The van der Waals surface area contributed by atoms with Crippen LogP contribution in [-0.4, -0.2) is 33.2 Å². The number of aromatic amines is 1. The van der Waals surface area contributed by atoms with Gasteiger partial charge in [0.1, 0.15) is 0 Å². The van der Waals surface area contributed by atoms with Gasteiger partial charge in [-0.2, -0.15) is 0 Å². The van der Waals surface area contributed by atoms with Gasteiger partial charge < -0.3 is 4.98 Å². The number of benzene rings is 1. The predicted octanol–water partition coefficient (Wildman–Crippen LogP) is 1.81. The highest BCUT2D eigenvalue weighted by Gasteiger charge is 2.35. The summed E-state index contributed by atoms with van der Waals surface area (Å²) in [7, 11) is 0. The lowest BCUT2D eigenvalue weighted by atomic mass is 10.1. The van der Waals surface area contributed by atoms with Crippen LogP contribution < -0.4 is 0 Å². The normalized spacial score (nSPS) is 15.7. The molecule has 5 nitrogen and oxygen atoms in total. The van der Waals surface area contributed by atoms with E-state index in [9.17, 15) is 9.59 Å². The number of nitrogens with one attached hydrogen (secondary N) is 1. The van der Waals surface area contributed by atoms with Crippen LogP contribution in [0.5, 0.6) is 0 Å². The van der Waals surface area contributed by atoms with E-state index in [1.165, 1.54) is 4.90 Å². The molecule has 0 fully saturated rings. The first-order valence-corrected chi connectivity index (χ1v) is 6.12. The molecule has 1 aromatic heterocycles. The Kier molecular flexibility index (Phi) is 2.67. The summed E-state index contributed by atoms with van der Waals surface area (Å²) in [6.45, 7) is 2.31. The molecular weight excluding hydrogens is 242 g/mol. The second-order valence-corrected chi connectivity index (χ2v) is 4.67. The van der Waals surface area contributed by atoms with E-state index in [1.54, 1.807) is 36.8 Å². The number of rotatable bonds is 3. The molecule has 0 saturated heterocycles. The first-order chi connectivity index (χ1) is 9.18. The van der Waals surface area contributed by atoms with Gasteiger partial charge in [-0.05, 0) is 12.1 Å². The van der Waals surface area contributed by atoms with Gasteiger partial charge in [-0.1, -0.05) is 19.1 Å². The third-order valence-corrected chi connectivity index (χ3v) is 3.38. The smallest absolute Gasteiger partial charge is 0.261 e. The standard InChI is InChI=1S/C14H13N3O2/c1-9(12-6-15-8-16-12)7-17-13(18)10-4-2-3-5-11(10)14(17)19/h2-6,8-9H,7H2,1H3,(H,15,16). The summed E-state index contributed by atoms with van der Waals surface area (Å²) in [6, 6.07) is 6.92.